The van der Waals surface area contributed by atoms with Gasteiger partial charge in [0.05, 0.1) is 0 Å². The molecule has 0 bridgehead atoms. The summed E-state index contributed by atoms with van der Waals surface area (Å²) >= 11 is 1.81. The molecule has 2 heteroatoms. The molecule has 56 valence electrons. The summed E-state index contributed by atoms with van der Waals surface area (Å²) in [4.78, 5) is 1.44. The Bertz CT molecular complexity index is 161. The Morgan fingerprint density at radius 3 is 3.00 bits per heavy atom. The van der Waals surface area contributed by atoms with Crippen molar-refractivity contribution in [1.82, 2.24) is 5.32 Å². The summed E-state index contributed by atoms with van der Waals surface area (Å²) in [6.45, 7) is 4.46. The third kappa shape index (κ3) is 1.81. The van der Waals surface area contributed by atoms with E-state index in [1.165, 1.54) is 11.3 Å². The highest BCUT2D eigenvalue weighted by Crippen LogP contribution is 2.28. The zero-order chi connectivity index (χ0) is 7.40. The van der Waals surface area contributed by atoms with Gasteiger partial charge in [0.15, 0.2) is 0 Å². The van der Waals surface area contributed by atoms with Gasteiger partial charge in [-0.2, -0.15) is 0 Å². The standard InChI is InChI=1S/C8H13NS/c1-3-7(2)8-6-9-4-5-10-8/h4-7,9H,3H2,1-2H3. The van der Waals surface area contributed by atoms with Crippen molar-refractivity contribution >= 4 is 11.8 Å². The van der Waals surface area contributed by atoms with Gasteiger partial charge in [0.1, 0.15) is 0 Å². The highest BCUT2D eigenvalue weighted by Gasteiger charge is 2.06. The van der Waals surface area contributed by atoms with Crippen molar-refractivity contribution in [1.29, 1.82) is 0 Å². The molecule has 0 aromatic heterocycles. The smallest absolute Gasteiger partial charge is 0.0107 e. The summed E-state index contributed by atoms with van der Waals surface area (Å²) < 4.78 is 0. The van der Waals surface area contributed by atoms with E-state index < -0.39 is 0 Å². The van der Waals surface area contributed by atoms with Gasteiger partial charge < -0.3 is 5.32 Å². The number of thioether (sulfide) groups is 1. The number of hydrogen-bond acceptors (Lipinski definition) is 2. The highest BCUT2D eigenvalue weighted by atomic mass is 32.2. The maximum atomic E-state index is 3.09. The minimum Gasteiger partial charge on any atom is -0.366 e. The van der Waals surface area contributed by atoms with Crippen LogP contribution in [0, 0.1) is 5.92 Å². The fourth-order valence-electron chi connectivity index (χ4n) is 0.776. The van der Waals surface area contributed by atoms with Gasteiger partial charge in [-0.05, 0) is 17.7 Å². The van der Waals surface area contributed by atoms with Crippen LogP contribution in [-0.2, 0) is 0 Å². The molecule has 0 aliphatic carbocycles. The van der Waals surface area contributed by atoms with Crippen LogP contribution in [0.1, 0.15) is 20.3 Å². The topological polar surface area (TPSA) is 12.0 Å². The van der Waals surface area contributed by atoms with Gasteiger partial charge >= 0.3 is 0 Å². The number of rotatable bonds is 2. The van der Waals surface area contributed by atoms with Crippen molar-refractivity contribution in [3.05, 3.63) is 22.7 Å². The second-order valence-corrected chi connectivity index (χ2v) is 3.42. The van der Waals surface area contributed by atoms with Gasteiger partial charge in [0.25, 0.3) is 0 Å². The molecule has 1 N–H and O–H groups in total. The Labute approximate surface area is 66.6 Å². The van der Waals surface area contributed by atoms with Crippen molar-refractivity contribution in [2.24, 2.45) is 5.92 Å². The summed E-state index contributed by atoms with van der Waals surface area (Å²) in [6, 6.07) is 0. The molecule has 1 aliphatic rings. The molecule has 1 rings (SSSR count). The predicted octanol–water partition coefficient (Wildman–Crippen LogP) is 2.68. The first-order chi connectivity index (χ1) is 4.84. The van der Waals surface area contributed by atoms with Crippen molar-refractivity contribution < 1.29 is 0 Å². The Balaban J connectivity index is 2.47. The van der Waals surface area contributed by atoms with Crippen LogP contribution in [0.5, 0.6) is 0 Å². The molecular weight excluding hydrogens is 142 g/mol. The van der Waals surface area contributed by atoms with Crippen LogP contribution in [-0.4, -0.2) is 0 Å². The molecule has 1 unspecified atom stereocenters. The van der Waals surface area contributed by atoms with Crippen LogP contribution in [0.2, 0.25) is 0 Å². The summed E-state index contributed by atoms with van der Waals surface area (Å²) in [6.07, 6.45) is 5.25. The first-order valence-electron chi connectivity index (χ1n) is 3.62. The molecule has 0 fully saturated rings. The fourth-order valence-corrected chi connectivity index (χ4v) is 1.61. The van der Waals surface area contributed by atoms with Crippen molar-refractivity contribution in [2.45, 2.75) is 20.3 Å². The van der Waals surface area contributed by atoms with Gasteiger partial charge in [-0.15, -0.1) is 0 Å². The molecule has 0 aromatic carbocycles. The fraction of sp³-hybridized carbons (Fsp3) is 0.500. The molecule has 1 heterocycles. The highest BCUT2D eigenvalue weighted by molar-refractivity contribution is 8.05. The molecule has 0 radical (unpaired) electrons. The second kappa shape index (κ2) is 3.71. The number of allylic oxidation sites excluding steroid dienone is 1. The largest absolute Gasteiger partial charge is 0.366 e. The Hall–Kier alpha value is -0.370. The molecule has 0 saturated carbocycles. The Kier molecular flexibility index (Phi) is 2.87. The molecule has 0 saturated heterocycles. The molecule has 1 atom stereocenters. The predicted molar refractivity (Wildman–Crippen MR) is 47.4 cm³/mol. The summed E-state index contributed by atoms with van der Waals surface area (Å²) in [5, 5.41) is 5.17. The van der Waals surface area contributed by atoms with Gasteiger partial charge in [-0.1, -0.05) is 25.6 Å². The van der Waals surface area contributed by atoms with E-state index in [1.807, 2.05) is 18.0 Å². The third-order valence-electron chi connectivity index (χ3n) is 1.69. The van der Waals surface area contributed by atoms with E-state index in [0.29, 0.717) is 5.92 Å². The molecule has 0 aromatic rings. The van der Waals surface area contributed by atoms with Gasteiger partial charge in [0, 0.05) is 17.3 Å². The monoisotopic (exact) mass is 155 g/mol. The van der Waals surface area contributed by atoms with E-state index in [0.717, 1.165) is 0 Å². The summed E-state index contributed by atoms with van der Waals surface area (Å²) in [7, 11) is 0. The first-order valence-corrected chi connectivity index (χ1v) is 4.50. The second-order valence-electron chi connectivity index (χ2n) is 2.44. The quantitative estimate of drug-likeness (QED) is 0.658. The summed E-state index contributed by atoms with van der Waals surface area (Å²) in [5.74, 6) is 0.697. The molecule has 1 aliphatic heterocycles. The lowest BCUT2D eigenvalue weighted by Gasteiger charge is -2.13. The van der Waals surface area contributed by atoms with E-state index in [-0.39, 0.29) is 0 Å². The van der Waals surface area contributed by atoms with Crippen LogP contribution < -0.4 is 5.32 Å². The molecular formula is C8H13NS. The van der Waals surface area contributed by atoms with Gasteiger partial charge in [-0.25, -0.2) is 0 Å². The summed E-state index contributed by atoms with van der Waals surface area (Å²) in [5.41, 5.74) is 0. The van der Waals surface area contributed by atoms with Crippen molar-refractivity contribution in [2.75, 3.05) is 0 Å². The van der Waals surface area contributed by atoms with E-state index in [9.17, 15) is 0 Å². The van der Waals surface area contributed by atoms with E-state index in [1.54, 1.807) is 0 Å². The number of hydrogen-bond donors (Lipinski definition) is 1. The normalized spacial score (nSPS) is 19.6. The van der Waals surface area contributed by atoms with E-state index in [2.05, 4.69) is 30.8 Å². The molecule has 1 nitrogen and oxygen atoms in total. The molecule has 0 amide bonds. The number of nitrogens with one attached hydrogen (secondary N) is 1. The maximum absolute atomic E-state index is 3.09. The average molecular weight is 155 g/mol. The zero-order valence-electron chi connectivity index (χ0n) is 6.42. The molecule has 10 heavy (non-hydrogen) atoms. The van der Waals surface area contributed by atoms with E-state index >= 15 is 0 Å². The lowest BCUT2D eigenvalue weighted by atomic mass is 10.1. The van der Waals surface area contributed by atoms with Crippen LogP contribution in [0.3, 0.4) is 0 Å². The van der Waals surface area contributed by atoms with Crippen molar-refractivity contribution in [3.8, 4) is 0 Å². The Morgan fingerprint density at radius 1 is 1.70 bits per heavy atom. The van der Waals surface area contributed by atoms with Crippen LogP contribution in [0.4, 0.5) is 0 Å². The zero-order valence-corrected chi connectivity index (χ0v) is 7.24. The van der Waals surface area contributed by atoms with Gasteiger partial charge in [-0.3, -0.25) is 0 Å². The van der Waals surface area contributed by atoms with Gasteiger partial charge in [0.2, 0.25) is 0 Å². The maximum Gasteiger partial charge on any atom is 0.0107 e. The van der Waals surface area contributed by atoms with E-state index in [4.69, 9.17) is 0 Å². The minimum absolute atomic E-state index is 0.697. The lowest BCUT2D eigenvalue weighted by Crippen LogP contribution is -2.03. The van der Waals surface area contributed by atoms with Crippen LogP contribution >= 0.6 is 11.8 Å². The van der Waals surface area contributed by atoms with Crippen LogP contribution in [0.15, 0.2) is 22.7 Å². The third-order valence-corrected chi connectivity index (χ3v) is 2.76. The lowest BCUT2D eigenvalue weighted by molar-refractivity contribution is 0.683. The molecule has 0 spiro atoms. The SMILES string of the molecule is CCC(C)C1=CNC=CS1. The first kappa shape index (κ1) is 7.73. The average Bonchev–Trinajstić information content (AvgIpc) is 2.05. The minimum atomic E-state index is 0.697. The van der Waals surface area contributed by atoms with Crippen LogP contribution in [0.25, 0.3) is 0 Å². The Morgan fingerprint density at radius 2 is 2.50 bits per heavy atom. The van der Waals surface area contributed by atoms with Crippen molar-refractivity contribution in [3.63, 3.8) is 0 Å².